The molecular weight excluding hydrogens is 320 g/mol. The van der Waals surface area contributed by atoms with Gasteiger partial charge in [0.1, 0.15) is 6.33 Å². The van der Waals surface area contributed by atoms with Crippen LogP contribution in [0, 0.1) is 0 Å². The van der Waals surface area contributed by atoms with Crippen molar-refractivity contribution in [1.29, 1.82) is 0 Å². The first-order valence-corrected chi connectivity index (χ1v) is 8.18. The van der Waals surface area contributed by atoms with E-state index in [1.165, 1.54) is 6.33 Å². The molecule has 2 heterocycles. The fourth-order valence-corrected chi connectivity index (χ4v) is 3.16. The van der Waals surface area contributed by atoms with Gasteiger partial charge in [0.15, 0.2) is 0 Å². The lowest BCUT2D eigenvalue weighted by molar-refractivity contribution is 0.102. The Bertz CT molecular complexity index is 1010. The van der Waals surface area contributed by atoms with Crippen molar-refractivity contribution in [1.82, 2.24) is 15.0 Å². The zero-order valence-electron chi connectivity index (χ0n) is 12.5. The molecule has 0 bridgehead atoms. The molecule has 1 N–H and O–H groups in total. The van der Waals surface area contributed by atoms with Crippen molar-refractivity contribution in [2.24, 2.45) is 0 Å². The smallest absolute Gasteiger partial charge is 0.256 e. The van der Waals surface area contributed by atoms with Crippen molar-refractivity contribution in [3.63, 3.8) is 0 Å². The molecule has 116 valence electrons. The molecule has 0 radical (unpaired) electrons. The molecule has 0 atom stereocenters. The van der Waals surface area contributed by atoms with Crippen LogP contribution in [0.2, 0.25) is 0 Å². The highest BCUT2D eigenvalue weighted by molar-refractivity contribution is 7.16. The summed E-state index contributed by atoms with van der Waals surface area (Å²) in [4.78, 5) is 25.0. The number of hydrogen-bond donors (Lipinski definition) is 1. The molecule has 0 saturated heterocycles. The number of hydrogen-bond acceptors (Lipinski definition) is 5. The highest BCUT2D eigenvalue weighted by Crippen LogP contribution is 2.25. The van der Waals surface area contributed by atoms with E-state index in [0.29, 0.717) is 5.56 Å². The van der Waals surface area contributed by atoms with Crippen molar-refractivity contribution in [2.45, 2.75) is 0 Å². The molecule has 0 saturated carbocycles. The van der Waals surface area contributed by atoms with E-state index in [9.17, 15) is 4.79 Å². The Morgan fingerprint density at radius 2 is 1.88 bits per heavy atom. The average Bonchev–Trinajstić information content (AvgIpc) is 3.10. The summed E-state index contributed by atoms with van der Waals surface area (Å²) in [7, 11) is 0. The van der Waals surface area contributed by atoms with Gasteiger partial charge in [0, 0.05) is 29.2 Å². The Balaban J connectivity index is 1.67. The maximum atomic E-state index is 12.7. The predicted molar refractivity (Wildman–Crippen MR) is 95.0 cm³/mol. The molecule has 2 aromatic carbocycles. The van der Waals surface area contributed by atoms with E-state index in [4.69, 9.17) is 0 Å². The summed E-state index contributed by atoms with van der Waals surface area (Å²) in [5, 5.41) is 2.94. The minimum Gasteiger partial charge on any atom is -0.322 e. The fraction of sp³-hybridized carbons (Fsp3) is 0. The molecule has 0 unspecified atom stereocenters. The van der Waals surface area contributed by atoms with Crippen LogP contribution in [-0.2, 0) is 0 Å². The van der Waals surface area contributed by atoms with Crippen molar-refractivity contribution in [2.75, 3.05) is 5.32 Å². The highest BCUT2D eigenvalue weighted by atomic mass is 32.1. The van der Waals surface area contributed by atoms with Gasteiger partial charge >= 0.3 is 0 Å². The van der Waals surface area contributed by atoms with Crippen molar-refractivity contribution >= 4 is 33.1 Å². The Morgan fingerprint density at radius 1 is 1.04 bits per heavy atom. The Hall–Kier alpha value is -3.12. The van der Waals surface area contributed by atoms with Crippen LogP contribution in [0.15, 0.2) is 66.7 Å². The summed E-state index contributed by atoms with van der Waals surface area (Å²) in [5.74, 6) is -0.177. The number of carbonyl (C=O) groups excluding carboxylic acids is 1. The van der Waals surface area contributed by atoms with Gasteiger partial charge in [0.05, 0.1) is 15.7 Å². The normalized spacial score (nSPS) is 10.7. The quantitative estimate of drug-likeness (QED) is 0.615. The molecule has 4 rings (SSSR count). The molecule has 0 aliphatic carbocycles. The van der Waals surface area contributed by atoms with Gasteiger partial charge < -0.3 is 5.32 Å². The zero-order valence-corrected chi connectivity index (χ0v) is 13.3. The van der Waals surface area contributed by atoms with Gasteiger partial charge in [-0.2, -0.15) is 0 Å². The minimum absolute atomic E-state index is 0.177. The van der Waals surface area contributed by atoms with Crippen LogP contribution in [-0.4, -0.2) is 20.9 Å². The third kappa shape index (κ3) is 2.75. The number of rotatable bonds is 3. The van der Waals surface area contributed by atoms with Crippen LogP contribution in [0.3, 0.4) is 0 Å². The molecule has 2 aromatic heterocycles. The summed E-state index contributed by atoms with van der Waals surface area (Å²) in [6.45, 7) is 0. The third-order valence-electron chi connectivity index (χ3n) is 3.63. The van der Waals surface area contributed by atoms with E-state index in [0.717, 1.165) is 27.0 Å². The van der Waals surface area contributed by atoms with E-state index in [2.05, 4.69) is 20.3 Å². The van der Waals surface area contributed by atoms with Gasteiger partial charge in [0.2, 0.25) is 0 Å². The number of amides is 1. The first-order valence-electron chi connectivity index (χ1n) is 7.30. The van der Waals surface area contributed by atoms with E-state index in [-0.39, 0.29) is 5.91 Å². The average molecular weight is 332 g/mol. The topological polar surface area (TPSA) is 67.8 Å². The number of aromatic nitrogens is 3. The molecule has 24 heavy (non-hydrogen) atoms. The minimum atomic E-state index is -0.177. The lowest BCUT2D eigenvalue weighted by Crippen LogP contribution is -2.13. The summed E-state index contributed by atoms with van der Waals surface area (Å²) in [6.07, 6.45) is 4.86. The Kier molecular flexibility index (Phi) is 3.72. The maximum Gasteiger partial charge on any atom is 0.256 e. The SMILES string of the molecule is O=C(Nc1ccc2scnc2c1)c1ccccc1-c1cncnc1. The van der Waals surface area contributed by atoms with Gasteiger partial charge in [-0.05, 0) is 29.8 Å². The first-order chi connectivity index (χ1) is 11.8. The highest BCUT2D eigenvalue weighted by Gasteiger charge is 2.13. The van der Waals surface area contributed by atoms with Crippen LogP contribution in [0.4, 0.5) is 5.69 Å². The summed E-state index contributed by atoms with van der Waals surface area (Å²) >= 11 is 1.57. The van der Waals surface area contributed by atoms with Crippen LogP contribution >= 0.6 is 11.3 Å². The number of thiazole rings is 1. The second kappa shape index (κ2) is 6.17. The van der Waals surface area contributed by atoms with Crippen molar-refractivity contribution in [3.05, 3.63) is 72.3 Å². The van der Waals surface area contributed by atoms with Crippen LogP contribution in [0.25, 0.3) is 21.3 Å². The molecule has 4 aromatic rings. The molecule has 5 nitrogen and oxygen atoms in total. The fourth-order valence-electron chi connectivity index (χ4n) is 2.51. The number of benzene rings is 2. The number of carbonyl (C=O) groups is 1. The van der Waals surface area contributed by atoms with E-state index >= 15 is 0 Å². The number of anilines is 1. The first kappa shape index (κ1) is 14.5. The van der Waals surface area contributed by atoms with E-state index in [1.54, 1.807) is 35.3 Å². The Labute approximate surface area is 142 Å². The standard InChI is InChI=1S/C18H12N4OS/c23-18(22-13-5-6-17-16(7-13)21-11-24-17)15-4-2-1-3-14(15)12-8-19-10-20-9-12/h1-11H,(H,22,23). The lowest BCUT2D eigenvalue weighted by atomic mass is 10.0. The second-order valence-electron chi connectivity index (χ2n) is 5.16. The molecule has 6 heteroatoms. The molecule has 0 aliphatic rings. The van der Waals surface area contributed by atoms with Crippen LogP contribution in [0.1, 0.15) is 10.4 Å². The third-order valence-corrected chi connectivity index (χ3v) is 4.44. The maximum absolute atomic E-state index is 12.7. The molecule has 0 fully saturated rings. The summed E-state index contributed by atoms with van der Waals surface area (Å²) in [6, 6.07) is 13.1. The Morgan fingerprint density at radius 3 is 2.75 bits per heavy atom. The monoisotopic (exact) mass is 332 g/mol. The zero-order chi connectivity index (χ0) is 16.4. The molecule has 0 spiro atoms. The second-order valence-corrected chi connectivity index (χ2v) is 6.05. The van der Waals surface area contributed by atoms with Crippen molar-refractivity contribution < 1.29 is 4.79 Å². The van der Waals surface area contributed by atoms with E-state index < -0.39 is 0 Å². The van der Waals surface area contributed by atoms with Gasteiger partial charge in [-0.3, -0.25) is 4.79 Å². The lowest BCUT2D eigenvalue weighted by Gasteiger charge is -2.10. The molecule has 1 amide bonds. The van der Waals surface area contributed by atoms with Gasteiger partial charge in [-0.15, -0.1) is 11.3 Å². The molecular formula is C18H12N4OS. The largest absolute Gasteiger partial charge is 0.322 e. The van der Waals surface area contributed by atoms with Crippen molar-refractivity contribution in [3.8, 4) is 11.1 Å². The van der Waals surface area contributed by atoms with Gasteiger partial charge in [-0.25, -0.2) is 15.0 Å². The molecule has 0 aliphatic heterocycles. The number of nitrogens with zero attached hydrogens (tertiary/aromatic N) is 3. The van der Waals surface area contributed by atoms with E-state index in [1.807, 2.05) is 36.4 Å². The van der Waals surface area contributed by atoms with Crippen LogP contribution < -0.4 is 5.32 Å². The number of nitrogens with one attached hydrogen (secondary N) is 1. The van der Waals surface area contributed by atoms with Crippen LogP contribution in [0.5, 0.6) is 0 Å². The van der Waals surface area contributed by atoms with Gasteiger partial charge in [0.25, 0.3) is 5.91 Å². The number of fused-ring (bicyclic) bond motifs is 1. The summed E-state index contributed by atoms with van der Waals surface area (Å²) < 4.78 is 1.09. The van der Waals surface area contributed by atoms with Gasteiger partial charge in [-0.1, -0.05) is 18.2 Å². The predicted octanol–water partition coefficient (Wildman–Crippen LogP) is 4.01. The summed E-state index contributed by atoms with van der Waals surface area (Å²) in [5.41, 5.74) is 5.57.